The highest BCUT2D eigenvalue weighted by molar-refractivity contribution is 5.91. The Morgan fingerprint density at radius 1 is 1.14 bits per heavy atom. The Morgan fingerprint density at radius 3 is 2.50 bits per heavy atom. The molecule has 0 radical (unpaired) electrons. The second-order valence-corrected chi connectivity index (χ2v) is 5.07. The fraction of sp³-hybridized carbons (Fsp3) is 0.211. The van der Waals surface area contributed by atoms with Crippen LogP contribution in [0.3, 0.4) is 0 Å². The van der Waals surface area contributed by atoms with Crippen LogP contribution in [0.25, 0.3) is 6.08 Å². The van der Waals surface area contributed by atoms with E-state index in [2.05, 4.69) is 5.32 Å². The van der Waals surface area contributed by atoms with Gasteiger partial charge in [-0.3, -0.25) is 4.79 Å². The van der Waals surface area contributed by atoms with Crippen molar-refractivity contribution < 1.29 is 9.53 Å². The molecule has 0 aliphatic rings. The van der Waals surface area contributed by atoms with Crippen LogP contribution in [0, 0.1) is 6.92 Å². The molecule has 0 aromatic heterocycles. The van der Waals surface area contributed by atoms with E-state index in [-0.39, 0.29) is 12.0 Å². The van der Waals surface area contributed by atoms with Gasteiger partial charge in [-0.25, -0.2) is 0 Å². The minimum atomic E-state index is -0.143. The maximum atomic E-state index is 11.9. The summed E-state index contributed by atoms with van der Waals surface area (Å²) in [5.41, 5.74) is 3.25. The number of hydrogen-bond acceptors (Lipinski definition) is 2. The monoisotopic (exact) mass is 295 g/mol. The van der Waals surface area contributed by atoms with Crippen molar-refractivity contribution in [3.05, 3.63) is 77.4 Å². The molecule has 2 aromatic rings. The SMILES string of the molecule is CO[C@@H](CNC(=O)/C=C/c1ccccc1)c1ccccc1C. The van der Waals surface area contributed by atoms with Gasteiger partial charge in [0.15, 0.2) is 0 Å². The summed E-state index contributed by atoms with van der Waals surface area (Å²) >= 11 is 0. The standard InChI is InChI=1S/C19H21NO2/c1-15-8-6-7-11-17(15)18(22-2)14-20-19(21)13-12-16-9-4-3-5-10-16/h3-13,18H,14H2,1-2H3,(H,20,21)/b13-12+/t18-/m0/s1. The summed E-state index contributed by atoms with van der Waals surface area (Å²) in [6.07, 6.45) is 3.19. The van der Waals surface area contributed by atoms with Gasteiger partial charge in [0.1, 0.15) is 0 Å². The number of methoxy groups -OCH3 is 1. The van der Waals surface area contributed by atoms with Crippen LogP contribution in [-0.4, -0.2) is 19.6 Å². The number of ether oxygens (including phenoxy) is 1. The largest absolute Gasteiger partial charge is 0.375 e. The van der Waals surface area contributed by atoms with Crippen LogP contribution in [-0.2, 0) is 9.53 Å². The minimum Gasteiger partial charge on any atom is -0.375 e. The van der Waals surface area contributed by atoms with Crippen molar-refractivity contribution in [1.82, 2.24) is 5.32 Å². The molecule has 0 saturated carbocycles. The Hall–Kier alpha value is -2.39. The molecule has 0 aliphatic heterocycles. The maximum absolute atomic E-state index is 11.9. The molecular formula is C19H21NO2. The molecule has 0 fully saturated rings. The van der Waals surface area contributed by atoms with Gasteiger partial charge in [-0.15, -0.1) is 0 Å². The zero-order valence-electron chi connectivity index (χ0n) is 13.0. The van der Waals surface area contributed by atoms with E-state index in [9.17, 15) is 4.79 Å². The van der Waals surface area contributed by atoms with Crippen molar-refractivity contribution in [3.63, 3.8) is 0 Å². The van der Waals surface area contributed by atoms with Crippen LogP contribution >= 0.6 is 0 Å². The number of rotatable bonds is 6. The summed E-state index contributed by atoms with van der Waals surface area (Å²) in [4.78, 5) is 11.9. The predicted octanol–water partition coefficient (Wildman–Crippen LogP) is 3.51. The van der Waals surface area contributed by atoms with Crippen molar-refractivity contribution in [3.8, 4) is 0 Å². The van der Waals surface area contributed by atoms with Gasteiger partial charge in [0, 0.05) is 19.7 Å². The molecule has 0 saturated heterocycles. The first kappa shape index (κ1) is 16.0. The van der Waals surface area contributed by atoms with Crippen LogP contribution in [0.4, 0.5) is 0 Å². The molecular weight excluding hydrogens is 274 g/mol. The molecule has 1 amide bonds. The zero-order valence-corrected chi connectivity index (χ0v) is 13.0. The number of carbonyl (C=O) groups is 1. The Bertz CT molecular complexity index is 635. The third-order valence-corrected chi connectivity index (χ3v) is 3.51. The number of aryl methyl sites for hydroxylation is 1. The summed E-state index contributed by atoms with van der Waals surface area (Å²) in [7, 11) is 1.66. The van der Waals surface area contributed by atoms with Gasteiger partial charge in [0.2, 0.25) is 5.91 Å². The normalized spacial score (nSPS) is 12.3. The van der Waals surface area contributed by atoms with Gasteiger partial charge < -0.3 is 10.1 Å². The predicted molar refractivity (Wildman–Crippen MR) is 89.4 cm³/mol. The van der Waals surface area contributed by atoms with E-state index in [1.165, 1.54) is 0 Å². The van der Waals surface area contributed by atoms with Gasteiger partial charge in [-0.05, 0) is 29.7 Å². The summed E-state index contributed by atoms with van der Waals surface area (Å²) in [6, 6.07) is 17.8. The molecule has 0 spiro atoms. The Morgan fingerprint density at radius 2 is 1.82 bits per heavy atom. The highest BCUT2D eigenvalue weighted by Crippen LogP contribution is 2.19. The summed E-state index contributed by atoms with van der Waals surface area (Å²) < 4.78 is 5.49. The van der Waals surface area contributed by atoms with Crippen LogP contribution in [0.2, 0.25) is 0 Å². The fourth-order valence-electron chi connectivity index (χ4n) is 2.26. The maximum Gasteiger partial charge on any atom is 0.244 e. The number of carbonyl (C=O) groups excluding carboxylic acids is 1. The summed E-state index contributed by atoms with van der Waals surface area (Å²) in [6.45, 7) is 2.48. The Labute approximate surface area is 131 Å². The molecule has 1 atom stereocenters. The van der Waals surface area contributed by atoms with Gasteiger partial charge in [0.25, 0.3) is 0 Å². The second-order valence-electron chi connectivity index (χ2n) is 5.07. The highest BCUT2D eigenvalue weighted by atomic mass is 16.5. The average Bonchev–Trinajstić information content (AvgIpc) is 2.56. The average molecular weight is 295 g/mol. The zero-order chi connectivity index (χ0) is 15.8. The summed E-state index contributed by atoms with van der Waals surface area (Å²) in [5, 5.41) is 2.88. The fourth-order valence-corrected chi connectivity index (χ4v) is 2.26. The minimum absolute atomic E-state index is 0.125. The molecule has 3 nitrogen and oxygen atoms in total. The first-order chi connectivity index (χ1) is 10.7. The first-order valence-corrected chi connectivity index (χ1v) is 7.30. The lowest BCUT2D eigenvalue weighted by Crippen LogP contribution is -2.27. The lowest BCUT2D eigenvalue weighted by atomic mass is 10.0. The molecule has 0 aliphatic carbocycles. The molecule has 0 heterocycles. The molecule has 0 bridgehead atoms. The van der Waals surface area contributed by atoms with Crippen LogP contribution in [0.15, 0.2) is 60.7 Å². The van der Waals surface area contributed by atoms with Crippen molar-refractivity contribution in [1.29, 1.82) is 0 Å². The molecule has 0 unspecified atom stereocenters. The lowest BCUT2D eigenvalue weighted by molar-refractivity contribution is -0.117. The van der Waals surface area contributed by atoms with E-state index < -0.39 is 0 Å². The highest BCUT2D eigenvalue weighted by Gasteiger charge is 2.13. The van der Waals surface area contributed by atoms with Crippen LogP contribution in [0.5, 0.6) is 0 Å². The molecule has 2 rings (SSSR count). The molecule has 114 valence electrons. The molecule has 22 heavy (non-hydrogen) atoms. The molecule has 2 aromatic carbocycles. The van der Waals surface area contributed by atoms with E-state index in [0.717, 1.165) is 16.7 Å². The van der Waals surface area contributed by atoms with Crippen molar-refractivity contribution in [2.45, 2.75) is 13.0 Å². The third kappa shape index (κ3) is 4.57. The van der Waals surface area contributed by atoms with Crippen LogP contribution in [0.1, 0.15) is 22.8 Å². The van der Waals surface area contributed by atoms with Crippen molar-refractivity contribution in [2.24, 2.45) is 0 Å². The molecule has 1 N–H and O–H groups in total. The van der Waals surface area contributed by atoms with Crippen molar-refractivity contribution in [2.75, 3.05) is 13.7 Å². The number of hydrogen-bond donors (Lipinski definition) is 1. The Kier molecular flexibility index (Phi) is 5.92. The van der Waals surface area contributed by atoms with E-state index in [1.54, 1.807) is 19.3 Å². The smallest absolute Gasteiger partial charge is 0.244 e. The van der Waals surface area contributed by atoms with Crippen LogP contribution < -0.4 is 5.32 Å². The molecule has 3 heteroatoms. The Balaban J connectivity index is 1.92. The first-order valence-electron chi connectivity index (χ1n) is 7.30. The summed E-state index contributed by atoms with van der Waals surface area (Å²) in [5.74, 6) is -0.125. The van der Waals surface area contributed by atoms with Gasteiger partial charge >= 0.3 is 0 Å². The lowest BCUT2D eigenvalue weighted by Gasteiger charge is -2.18. The number of amides is 1. The van der Waals surface area contributed by atoms with E-state index >= 15 is 0 Å². The van der Waals surface area contributed by atoms with E-state index in [1.807, 2.05) is 61.5 Å². The number of benzene rings is 2. The van der Waals surface area contributed by atoms with Crippen molar-refractivity contribution >= 4 is 12.0 Å². The van der Waals surface area contributed by atoms with Gasteiger partial charge in [0.05, 0.1) is 6.10 Å². The number of nitrogens with one attached hydrogen (secondary N) is 1. The topological polar surface area (TPSA) is 38.3 Å². The van der Waals surface area contributed by atoms with E-state index in [0.29, 0.717) is 6.54 Å². The third-order valence-electron chi connectivity index (χ3n) is 3.51. The van der Waals surface area contributed by atoms with Gasteiger partial charge in [-0.1, -0.05) is 54.6 Å². The second kappa shape index (κ2) is 8.15. The quantitative estimate of drug-likeness (QED) is 0.828. The van der Waals surface area contributed by atoms with Gasteiger partial charge in [-0.2, -0.15) is 0 Å². The van der Waals surface area contributed by atoms with E-state index in [4.69, 9.17) is 4.74 Å².